The zero-order chi connectivity index (χ0) is 21.3. The van der Waals surface area contributed by atoms with Gasteiger partial charge in [0.2, 0.25) is 10.0 Å². The Bertz CT molecular complexity index is 932. The summed E-state index contributed by atoms with van der Waals surface area (Å²) >= 11 is 6.95. The smallest absolute Gasteiger partial charge is 0.207 e. The molecule has 2 rings (SSSR count). The molecule has 28 heavy (non-hydrogen) atoms. The van der Waals surface area contributed by atoms with Gasteiger partial charge in [0.05, 0.1) is 9.92 Å². The maximum absolute atomic E-state index is 13.6. The molecule has 0 bridgehead atoms. The quantitative estimate of drug-likeness (QED) is 0.583. The standard InChI is InChI=1S/C19H21ClF3NO2S2/c1-11-8-13(3)18(14(4)9-11)28(25,26)24-16(19(21,22)23)10-27-17-12(2)6-5-7-15(17)20/h5-9,16,24H,10H2,1-4H3. The van der Waals surface area contributed by atoms with Crippen LogP contribution in [-0.2, 0) is 10.0 Å². The molecule has 0 saturated carbocycles. The summed E-state index contributed by atoms with van der Waals surface area (Å²) in [6, 6.07) is 6.04. The van der Waals surface area contributed by atoms with Crippen molar-refractivity contribution in [2.24, 2.45) is 0 Å². The van der Waals surface area contributed by atoms with Gasteiger partial charge in [-0.3, -0.25) is 0 Å². The number of hydrogen-bond acceptors (Lipinski definition) is 3. The second kappa shape index (κ2) is 8.65. The Kier molecular flexibility index (Phi) is 7.12. The molecule has 0 amide bonds. The van der Waals surface area contributed by atoms with Crippen molar-refractivity contribution < 1.29 is 21.6 Å². The number of sulfonamides is 1. The summed E-state index contributed by atoms with van der Waals surface area (Å²) in [6.45, 7) is 6.67. The lowest BCUT2D eigenvalue weighted by Gasteiger charge is -2.23. The number of aryl methyl sites for hydroxylation is 4. The molecule has 1 atom stereocenters. The van der Waals surface area contributed by atoms with E-state index >= 15 is 0 Å². The van der Waals surface area contributed by atoms with Crippen molar-refractivity contribution in [3.05, 3.63) is 57.6 Å². The Labute approximate surface area is 172 Å². The van der Waals surface area contributed by atoms with Gasteiger partial charge in [-0.2, -0.15) is 17.9 Å². The van der Waals surface area contributed by atoms with Gasteiger partial charge in [-0.1, -0.05) is 41.4 Å². The van der Waals surface area contributed by atoms with Gasteiger partial charge in [-0.15, -0.1) is 11.8 Å². The molecule has 2 aromatic carbocycles. The number of halogens is 4. The van der Waals surface area contributed by atoms with Crippen LogP contribution in [0, 0.1) is 27.7 Å². The van der Waals surface area contributed by atoms with Crippen molar-refractivity contribution in [2.45, 2.75) is 49.7 Å². The lowest BCUT2D eigenvalue weighted by atomic mass is 10.1. The molecule has 154 valence electrons. The molecule has 9 heteroatoms. The second-order valence-corrected chi connectivity index (χ2v) is 9.73. The SMILES string of the molecule is Cc1cc(C)c(S(=O)(=O)NC(CSc2c(C)cccc2Cl)C(F)(F)F)c(C)c1. The maximum atomic E-state index is 13.6. The lowest BCUT2D eigenvalue weighted by Crippen LogP contribution is -2.47. The molecule has 0 aliphatic carbocycles. The molecule has 1 N–H and O–H groups in total. The van der Waals surface area contributed by atoms with Crippen LogP contribution in [0.5, 0.6) is 0 Å². The Hall–Kier alpha value is -1.22. The Balaban J connectivity index is 2.32. The predicted octanol–water partition coefficient (Wildman–Crippen LogP) is 5.58. The monoisotopic (exact) mass is 451 g/mol. The summed E-state index contributed by atoms with van der Waals surface area (Å²) in [4.78, 5) is 0.381. The second-order valence-electron chi connectivity index (χ2n) is 6.64. The van der Waals surface area contributed by atoms with E-state index in [0.29, 0.717) is 21.0 Å². The van der Waals surface area contributed by atoms with E-state index in [0.717, 1.165) is 22.9 Å². The molecule has 0 spiro atoms. The highest BCUT2D eigenvalue weighted by atomic mass is 35.5. The first-order valence-corrected chi connectivity index (χ1v) is 11.2. The third-order valence-electron chi connectivity index (χ3n) is 4.12. The largest absolute Gasteiger partial charge is 0.405 e. The van der Waals surface area contributed by atoms with Crippen LogP contribution in [0.2, 0.25) is 5.02 Å². The van der Waals surface area contributed by atoms with E-state index in [1.165, 1.54) is 0 Å². The first-order valence-electron chi connectivity index (χ1n) is 8.37. The van der Waals surface area contributed by atoms with E-state index in [2.05, 4.69) is 0 Å². The zero-order valence-corrected chi connectivity index (χ0v) is 18.2. The number of alkyl halides is 3. The highest BCUT2D eigenvalue weighted by molar-refractivity contribution is 7.99. The van der Waals surface area contributed by atoms with E-state index < -0.39 is 28.0 Å². The molecular formula is C19H21ClF3NO2S2. The normalized spacial score (nSPS) is 13.6. The van der Waals surface area contributed by atoms with Crippen LogP contribution >= 0.6 is 23.4 Å². The van der Waals surface area contributed by atoms with Crippen molar-refractivity contribution in [3.8, 4) is 0 Å². The Morgan fingerprint density at radius 1 is 1.07 bits per heavy atom. The van der Waals surface area contributed by atoms with Crippen LogP contribution in [0.15, 0.2) is 40.1 Å². The van der Waals surface area contributed by atoms with E-state index in [1.54, 1.807) is 58.0 Å². The molecule has 0 aromatic heterocycles. The third kappa shape index (κ3) is 5.43. The number of thioether (sulfide) groups is 1. The van der Waals surface area contributed by atoms with Crippen molar-refractivity contribution in [1.29, 1.82) is 0 Å². The van der Waals surface area contributed by atoms with Gasteiger partial charge in [-0.05, 0) is 50.5 Å². The van der Waals surface area contributed by atoms with E-state index in [1.807, 2.05) is 4.72 Å². The van der Waals surface area contributed by atoms with Gasteiger partial charge in [-0.25, -0.2) is 8.42 Å². The predicted molar refractivity (Wildman–Crippen MR) is 108 cm³/mol. The van der Waals surface area contributed by atoms with Crippen LogP contribution in [0.1, 0.15) is 22.3 Å². The highest BCUT2D eigenvalue weighted by Crippen LogP contribution is 2.34. The molecule has 2 aromatic rings. The summed E-state index contributed by atoms with van der Waals surface area (Å²) in [7, 11) is -4.36. The molecular weight excluding hydrogens is 431 g/mol. The number of rotatable bonds is 6. The third-order valence-corrected chi connectivity index (χ3v) is 7.66. The van der Waals surface area contributed by atoms with Gasteiger partial charge in [0, 0.05) is 10.6 Å². The van der Waals surface area contributed by atoms with Gasteiger partial charge in [0.1, 0.15) is 6.04 Å². The van der Waals surface area contributed by atoms with Gasteiger partial charge in [0.15, 0.2) is 0 Å². The lowest BCUT2D eigenvalue weighted by molar-refractivity contribution is -0.145. The highest BCUT2D eigenvalue weighted by Gasteiger charge is 2.42. The van der Waals surface area contributed by atoms with Crippen LogP contribution in [0.3, 0.4) is 0 Å². The van der Waals surface area contributed by atoms with Crippen molar-refractivity contribution in [1.82, 2.24) is 4.72 Å². The Morgan fingerprint density at radius 2 is 1.64 bits per heavy atom. The molecule has 0 fully saturated rings. The van der Waals surface area contributed by atoms with Crippen LogP contribution in [0.25, 0.3) is 0 Å². The van der Waals surface area contributed by atoms with Crippen LogP contribution in [0.4, 0.5) is 13.2 Å². The minimum Gasteiger partial charge on any atom is -0.207 e. The molecule has 0 aliphatic rings. The summed E-state index contributed by atoms with van der Waals surface area (Å²) in [5, 5.41) is 0.332. The fourth-order valence-corrected chi connectivity index (χ4v) is 6.27. The number of benzene rings is 2. The maximum Gasteiger partial charge on any atom is 0.405 e. The molecule has 0 saturated heterocycles. The minimum atomic E-state index is -4.75. The number of nitrogens with one attached hydrogen (secondary N) is 1. The van der Waals surface area contributed by atoms with Gasteiger partial charge >= 0.3 is 6.18 Å². The van der Waals surface area contributed by atoms with Crippen molar-refractivity contribution in [2.75, 3.05) is 5.75 Å². The Morgan fingerprint density at radius 3 is 2.14 bits per heavy atom. The summed E-state index contributed by atoms with van der Waals surface area (Å²) < 4.78 is 68.0. The van der Waals surface area contributed by atoms with Crippen molar-refractivity contribution >= 4 is 33.4 Å². The van der Waals surface area contributed by atoms with Crippen LogP contribution < -0.4 is 4.72 Å². The summed E-state index contributed by atoms with van der Waals surface area (Å²) in [5.41, 5.74) is 2.37. The fourth-order valence-electron chi connectivity index (χ4n) is 3.00. The van der Waals surface area contributed by atoms with E-state index in [-0.39, 0.29) is 4.90 Å². The molecule has 0 aliphatic heterocycles. The molecule has 0 heterocycles. The van der Waals surface area contributed by atoms with Crippen LogP contribution in [-0.4, -0.2) is 26.4 Å². The van der Waals surface area contributed by atoms with E-state index in [4.69, 9.17) is 11.6 Å². The van der Waals surface area contributed by atoms with E-state index in [9.17, 15) is 21.6 Å². The van der Waals surface area contributed by atoms with Gasteiger partial charge < -0.3 is 0 Å². The van der Waals surface area contributed by atoms with Crippen molar-refractivity contribution in [3.63, 3.8) is 0 Å². The molecule has 1 unspecified atom stereocenters. The first-order chi connectivity index (χ1) is 12.8. The summed E-state index contributed by atoms with van der Waals surface area (Å²) in [6.07, 6.45) is -4.75. The molecule has 3 nitrogen and oxygen atoms in total. The summed E-state index contributed by atoms with van der Waals surface area (Å²) in [5.74, 6) is -0.530. The minimum absolute atomic E-state index is 0.119. The number of hydrogen-bond donors (Lipinski definition) is 1. The van der Waals surface area contributed by atoms with Gasteiger partial charge in [0.25, 0.3) is 0 Å². The molecule has 0 radical (unpaired) electrons. The fraction of sp³-hybridized carbons (Fsp3) is 0.368. The topological polar surface area (TPSA) is 46.2 Å². The zero-order valence-electron chi connectivity index (χ0n) is 15.8. The average molecular weight is 452 g/mol. The first kappa shape index (κ1) is 23.1. The average Bonchev–Trinajstić information content (AvgIpc) is 2.50.